The van der Waals surface area contributed by atoms with Gasteiger partial charge in [0.05, 0.1) is 5.41 Å². The molecule has 0 aromatic carbocycles. The Bertz CT molecular complexity index is 452. The molecular formula is C9H8F3NO5. The minimum Gasteiger partial charge on any atom is -0.481 e. The standard InChI is InChI=1S/C9H8F3NO5/c10-9(11,12)4(14)13-3-7(5(15)16)1-8(13,2-7)6(17)18/h1-3H2,(H,15,16)(H,17,18). The van der Waals surface area contributed by atoms with Crippen molar-refractivity contribution in [2.45, 2.75) is 24.6 Å². The number of rotatable bonds is 2. The number of hydrogen-bond donors (Lipinski definition) is 2. The normalized spacial score (nSPS) is 34.1. The number of alkyl halides is 3. The Morgan fingerprint density at radius 1 is 1.06 bits per heavy atom. The van der Waals surface area contributed by atoms with E-state index >= 15 is 0 Å². The minimum absolute atomic E-state index is 0.128. The Morgan fingerprint density at radius 2 is 1.56 bits per heavy atom. The molecule has 0 aromatic heterocycles. The first-order chi connectivity index (χ1) is 8.05. The van der Waals surface area contributed by atoms with Crippen molar-refractivity contribution in [2.75, 3.05) is 6.54 Å². The molecule has 0 spiro atoms. The van der Waals surface area contributed by atoms with E-state index in [0.29, 0.717) is 0 Å². The van der Waals surface area contributed by atoms with E-state index in [4.69, 9.17) is 10.2 Å². The lowest BCUT2D eigenvalue weighted by atomic mass is 9.62. The maximum Gasteiger partial charge on any atom is 0.471 e. The number of halogens is 3. The van der Waals surface area contributed by atoms with Crippen molar-refractivity contribution in [2.24, 2.45) is 5.41 Å². The van der Waals surface area contributed by atoms with E-state index in [0.717, 1.165) is 0 Å². The first-order valence-electron chi connectivity index (χ1n) is 4.91. The van der Waals surface area contributed by atoms with Crippen LogP contribution in [0.4, 0.5) is 13.2 Å². The summed E-state index contributed by atoms with van der Waals surface area (Å²) in [5.74, 6) is -5.28. The maximum atomic E-state index is 12.3. The molecule has 0 aromatic rings. The number of carbonyl (C=O) groups excluding carboxylic acids is 1. The quantitative estimate of drug-likeness (QED) is 0.738. The molecule has 3 aliphatic rings. The Hall–Kier alpha value is -1.80. The fourth-order valence-electron chi connectivity index (χ4n) is 2.73. The van der Waals surface area contributed by atoms with Crippen LogP contribution in [0, 0.1) is 5.41 Å². The fraction of sp³-hybridized carbons (Fsp3) is 0.667. The Labute approximate surface area is 98.0 Å². The van der Waals surface area contributed by atoms with Crippen LogP contribution in [0.5, 0.6) is 0 Å². The third-order valence-corrected chi connectivity index (χ3v) is 3.58. The molecule has 18 heavy (non-hydrogen) atoms. The van der Waals surface area contributed by atoms with Gasteiger partial charge in [0.1, 0.15) is 5.54 Å². The number of carboxylic acid groups (broad SMARTS) is 2. The summed E-state index contributed by atoms with van der Waals surface area (Å²) in [6.45, 7) is -0.715. The smallest absolute Gasteiger partial charge is 0.471 e. The summed E-state index contributed by atoms with van der Waals surface area (Å²) in [5, 5.41) is 17.8. The molecule has 0 unspecified atom stereocenters. The molecule has 1 amide bonds. The molecule has 3 rings (SSSR count). The first kappa shape index (κ1) is 12.7. The number of amides is 1. The lowest BCUT2D eigenvalue weighted by Crippen LogP contribution is -2.59. The summed E-state index contributed by atoms with van der Waals surface area (Å²) in [7, 11) is 0. The zero-order valence-corrected chi connectivity index (χ0v) is 8.82. The third-order valence-electron chi connectivity index (χ3n) is 3.58. The highest BCUT2D eigenvalue weighted by Crippen LogP contribution is 2.60. The van der Waals surface area contributed by atoms with Gasteiger partial charge in [-0.1, -0.05) is 0 Å². The molecule has 1 saturated carbocycles. The van der Waals surface area contributed by atoms with Gasteiger partial charge < -0.3 is 15.1 Å². The zero-order chi connectivity index (χ0) is 13.9. The van der Waals surface area contributed by atoms with Gasteiger partial charge in [0.2, 0.25) is 0 Å². The highest BCUT2D eigenvalue weighted by atomic mass is 19.4. The third kappa shape index (κ3) is 1.33. The number of carbonyl (C=O) groups is 3. The molecule has 0 atom stereocenters. The summed E-state index contributed by atoms with van der Waals surface area (Å²) in [6, 6.07) is 0. The predicted octanol–water partition coefficient (Wildman–Crippen LogP) is 0.0791. The average molecular weight is 267 g/mol. The van der Waals surface area contributed by atoms with Crippen molar-refractivity contribution in [1.29, 1.82) is 0 Å². The Kier molecular flexibility index (Phi) is 2.21. The topological polar surface area (TPSA) is 94.9 Å². The Balaban J connectivity index is 2.36. The molecule has 6 nitrogen and oxygen atoms in total. The van der Waals surface area contributed by atoms with Crippen LogP contribution >= 0.6 is 0 Å². The van der Waals surface area contributed by atoms with Crippen molar-refractivity contribution < 1.29 is 37.8 Å². The summed E-state index contributed by atoms with van der Waals surface area (Å²) >= 11 is 0. The molecule has 0 radical (unpaired) electrons. The van der Waals surface area contributed by atoms with Crippen LogP contribution in [0.2, 0.25) is 0 Å². The number of carboxylic acids is 2. The molecule has 1 aliphatic carbocycles. The van der Waals surface area contributed by atoms with E-state index in [2.05, 4.69) is 0 Å². The zero-order valence-electron chi connectivity index (χ0n) is 8.82. The van der Waals surface area contributed by atoms with Gasteiger partial charge in [0.15, 0.2) is 0 Å². The summed E-state index contributed by atoms with van der Waals surface area (Å²) in [6.07, 6.45) is -6.17. The lowest BCUT2D eigenvalue weighted by molar-refractivity contribution is -0.192. The van der Waals surface area contributed by atoms with E-state index in [1.165, 1.54) is 0 Å². The van der Waals surface area contributed by atoms with Crippen molar-refractivity contribution in [1.82, 2.24) is 4.90 Å². The molecule has 2 heterocycles. The van der Waals surface area contributed by atoms with Gasteiger partial charge in [-0.2, -0.15) is 13.2 Å². The van der Waals surface area contributed by atoms with Gasteiger partial charge in [-0.05, 0) is 12.8 Å². The van der Waals surface area contributed by atoms with Crippen LogP contribution in [-0.2, 0) is 14.4 Å². The Morgan fingerprint density at radius 3 is 1.89 bits per heavy atom. The van der Waals surface area contributed by atoms with Crippen LogP contribution in [0.3, 0.4) is 0 Å². The van der Waals surface area contributed by atoms with Gasteiger partial charge in [-0.15, -0.1) is 0 Å². The second-order valence-corrected chi connectivity index (χ2v) is 4.66. The fourth-order valence-corrected chi connectivity index (χ4v) is 2.73. The number of nitrogens with zero attached hydrogens (tertiary/aromatic N) is 1. The van der Waals surface area contributed by atoms with Crippen molar-refractivity contribution in [3.05, 3.63) is 0 Å². The van der Waals surface area contributed by atoms with Crippen molar-refractivity contribution >= 4 is 17.8 Å². The first-order valence-corrected chi connectivity index (χ1v) is 4.91. The molecule has 2 bridgehead atoms. The van der Waals surface area contributed by atoms with Crippen LogP contribution in [0.15, 0.2) is 0 Å². The number of hydrogen-bond acceptors (Lipinski definition) is 3. The second kappa shape index (κ2) is 3.15. The van der Waals surface area contributed by atoms with Crippen molar-refractivity contribution in [3.63, 3.8) is 0 Å². The molecule has 2 N–H and O–H groups in total. The average Bonchev–Trinajstić information content (AvgIpc) is 2.65. The van der Waals surface area contributed by atoms with Gasteiger partial charge in [0, 0.05) is 6.54 Å². The summed E-state index contributed by atoms with van der Waals surface area (Å²) in [4.78, 5) is 33.2. The molecule has 100 valence electrons. The highest BCUT2D eigenvalue weighted by molar-refractivity contribution is 5.96. The molecule has 9 heteroatoms. The number of fused-ring (bicyclic) bond motifs is 1. The van der Waals surface area contributed by atoms with E-state index in [9.17, 15) is 27.6 Å². The molecule has 2 saturated heterocycles. The SMILES string of the molecule is O=C(N1CC2(C(=O)O)CC1(C(=O)O)C2)C(F)(F)F. The largest absolute Gasteiger partial charge is 0.481 e. The minimum atomic E-state index is -5.21. The lowest BCUT2D eigenvalue weighted by Gasteiger charge is -2.41. The van der Waals surface area contributed by atoms with Gasteiger partial charge >= 0.3 is 24.0 Å². The van der Waals surface area contributed by atoms with Crippen LogP contribution in [0.25, 0.3) is 0 Å². The predicted molar refractivity (Wildman–Crippen MR) is 47.4 cm³/mol. The molecule has 2 aliphatic heterocycles. The van der Waals surface area contributed by atoms with E-state index in [-0.39, 0.29) is 4.90 Å². The van der Waals surface area contributed by atoms with Crippen molar-refractivity contribution in [3.8, 4) is 0 Å². The van der Waals surface area contributed by atoms with Crippen LogP contribution in [0.1, 0.15) is 12.8 Å². The second-order valence-electron chi connectivity index (χ2n) is 4.66. The summed E-state index contributed by atoms with van der Waals surface area (Å²) in [5.41, 5.74) is -3.58. The molecule has 3 fully saturated rings. The van der Waals surface area contributed by atoms with Crippen LogP contribution in [-0.4, -0.2) is 51.2 Å². The number of aliphatic carboxylic acids is 2. The van der Waals surface area contributed by atoms with Gasteiger partial charge in [-0.3, -0.25) is 9.59 Å². The van der Waals surface area contributed by atoms with E-state index < -0.39 is 54.4 Å². The van der Waals surface area contributed by atoms with Gasteiger partial charge in [-0.25, -0.2) is 4.79 Å². The highest BCUT2D eigenvalue weighted by Gasteiger charge is 2.75. The molecular weight excluding hydrogens is 259 g/mol. The monoisotopic (exact) mass is 267 g/mol. The maximum absolute atomic E-state index is 12.3. The van der Waals surface area contributed by atoms with Crippen LogP contribution < -0.4 is 0 Å². The van der Waals surface area contributed by atoms with E-state index in [1.807, 2.05) is 0 Å². The van der Waals surface area contributed by atoms with E-state index in [1.54, 1.807) is 0 Å². The summed E-state index contributed by atoms with van der Waals surface area (Å²) < 4.78 is 37.0. The van der Waals surface area contributed by atoms with Gasteiger partial charge in [0.25, 0.3) is 0 Å².